The number of hydrogen-bond acceptors (Lipinski definition) is 4. The lowest BCUT2D eigenvalue weighted by Crippen LogP contribution is -2.17. The van der Waals surface area contributed by atoms with Crippen molar-refractivity contribution in [1.82, 2.24) is 9.97 Å². The summed E-state index contributed by atoms with van der Waals surface area (Å²) in [5, 5.41) is 3.42. The maximum Gasteiger partial charge on any atom is 0.232 e. The molecule has 1 aliphatic heterocycles. The Hall–Kier alpha value is -2.88. The van der Waals surface area contributed by atoms with E-state index in [0.717, 1.165) is 36.1 Å². The van der Waals surface area contributed by atoms with Crippen LogP contribution in [-0.4, -0.2) is 16.5 Å². The first-order valence-corrected chi connectivity index (χ1v) is 8.24. The minimum absolute atomic E-state index is 0.760. The van der Waals surface area contributed by atoms with Crippen molar-refractivity contribution in [1.29, 1.82) is 0 Å². The van der Waals surface area contributed by atoms with E-state index < -0.39 is 0 Å². The fourth-order valence-corrected chi connectivity index (χ4v) is 3.13. The molecule has 4 rings (SSSR count). The molecule has 2 aromatic carbocycles. The number of nitrogens with zero attached hydrogens (tertiary/aromatic N) is 3. The van der Waals surface area contributed by atoms with E-state index in [0.29, 0.717) is 0 Å². The number of nitrogens with one attached hydrogen (secondary N) is 1. The van der Waals surface area contributed by atoms with Gasteiger partial charge in [-0.2, -0.15) is 4.98 Å². The summed E-state index contributed by atoms with van der Waals surface area (Å²) in [6.45, 7) is 5.02. The summed E-state index contributed by atoms with van der Waals surface area (Å²) in [6, 6.07) is 18.7. The second-order valence-corrected chi connectivity index (χ2v) is 6.16. The highest BCUT2D eigenvalue weighted by Gasteiger charge is 2.22. The van der Waals surface area contributed by atoms with E-state index >= 15 is 0 Å². The van der Waals surface area contributed by atoms with Crippen molar-refractivity contribution in [3.8, 4) is 0 Å². The van der Waals surface area contributed by atoms with Crippen LogP contribution in [0.2, 0.25) is 0 Å². The molecule has 1 aliphatic rings. The number of fused-ring (bicyclic) bond motifs is 1. The summed E-state index contributed by atoms with van der Waals surface area (Å²) in [5.74, 6) is 1.59. The van der Waals surface area contributed by atoms with Crippen LogP contribution in [0, 0.1) is 13.8 Å². The van der Waals surface area contributed by atoms with Crippen molar-refractivity contribution in [3.63, 3.8) is 0 Å². The number of aryl methyl sites for hydroxylation is 2. The molecule has 1 N–H and O–H groups in total. The summed E-state index contributed by atoms with van der Waals surface area (Å²) in [7, 11) is 0. The molecular weight excluding hydrogens is 296 g/mol. The van der Waals surface area contributed by atoms with Crippen molar-refractivity contribution in [2.75, 3.05) is 16.8 Å². The third kappa shape index (κ3) is 2.71. The minimum Gasteiger partial charge on any atom is -0.340 e. The second kappa shape index (κ2) is 5.96. The molecule has 2 heterocycles. The maximum absolute atomic E-state index is 4.75. The molecule has 0 bridgehead atoms. The van der Waals surface area contributed by atoms with Crippen LogP contribution in [0.1, 0.15) is 16.8 Å². The summed E-state index contributed by atoms with van der Waals surface area (Å²) in [4.78, 5) is 11.6. The summed E-state index contributed by atoms with van der Waals surface area (Å²) < 4.78 is 0. The van der Waals surface area contributed by atoms with E-state index in [-0.39, 0.29) is 0 Å². The van der Waals surface area contributed by atoms with Gasteiger partial charge in [0.15, 0.2) is 0 Å². The topological polar surface area (TPSA) is 41.1 Å². The highest BCUT2D eigenvalue weighted by atomic mass is 15.3. The Morgan fingerprint density at radius 3 is 2.62 bits per heavy atom. The summed E-state index contributed by atoms with van der Waals surface area (Å²) in [5.41, 5.74) is 5.80. The van der Waals surface area contributed by atoms with Crippen molar-refractivity contribution in [3.05, 3.63) is 71.4 Å². The lowest BCUT2D eigenvalue weighted by molar-refractivity contribution is 0.931. The van der Waals surface area contributed by atoms with Gasteiger partial charge < -0.3 is 10.2 Å². The Kier molecular flexibility index (Phi) is 3.65. The molecule has 24 heavy (non-hydrogen) atoms. The van der Waals surface area contributed by atoms with Gasteiger partial charge in [0.2, 0.25) is 5.95 Å². The molecule has 3 aromatic rings. The monoisotopic (exact) mass is 316 g/mol. The van der Waals surface area contributed by atoms with Crippen LogP contribution < -0.4 is 10.2 Å². The van der Waals surface area contributed by atoms with Crippen LogP contribution in [0.25, 0.3) is 0 Å². The van der Waals surface area contributed by atoms with E-state index in [4.69, 9.17) is 4.98 Å². The third-order valence-electron chi connectivity index (χ3n) is 4.38. The van der Waals surface area contributed by atoms with Crippen LogP contribution in [-0.2, 0) is 6.42 Å². The number of benzene rings is 2. The molecule has 0 saturated heterocycles. The predicted molar refractivity (Wildman–Crippen MR) is 98.4 cm³/mol. The Bertz CT molecular complexity index is 888. The Labute approximate surface area is 142 Å². The molecule has 0 amide bonds. The summed E-state index contributed by atoms with van der Waals surface area (Å²) >= 11 is 0. The summed E-state index contributed by atoms with van der Waals surface area (Å²) in [6.07, 6.45) is 1.04. The number of hydrogen-bond donors (Lipinski definition) is 1. The maximum atomic E-state index is 4.75. The standard InChI is InChI=1S/C20H20N4/c1-14-7-3-5-9-17(14)22-19-13-15(2)21-20(23-19)24-12-11-16-8-4-6-10-18(16)24/h3-10,13H,11-12H2,1-2H3,(H,21,22,23). The number of rotatable bonds is 3. The normalized spacial score (nSPS) is 13.0. The molecule has 0 spiro atoms. The first-order chi connectivity index (χ1) is 11.7. The van der Waals surface area contributed by atoms with E-state index in [1.807, 2.05) is 25.1 Å². The van der Waals surface area contributed by atoms with Gasteiger partial charge in [-0.25, -0.2) is 4.98 Å². The first kappa shape index (κ1) is 14.7. The van der Waals surface area contributed by atoms with Gasteiger partial charge in [0.1, 0.15) is 5.82 Å². The lowest BCUT2D eigenvalue weighted by atomic mass is 10.2. The van der Waals surface area contributed by atoms with Crippen molar-refractivity contribution in [2.45, 2.75) is 20.3 Å². The third-order valence-corrected chi connectivity index (χ3v) is 4.38. The first-order valence-electron chi connectivity index (χ1n) is 8.24. The molecule has 4 heteroatoms. The van der Waals surface area contributed by atoms with E-state index in [9.17, 15) is 0 Å². The molecule has 0 fully saturated rings. The van der Waals surface area contributed by atoms with Gasteiger partial charge in [-0.3, -0.25) is 0 Å². The van der Waals surface area contributed by atoms with Crippen LogP contribution in [0.5, 0.6) is 0 Å². The molecule has 0 radical (unpaired) electrons. The van der Waals surface area contributed by atoms with Gasteiger partial charge in [-0.1, -0.05) is 36.4 Å². The predicted octanol–water partition coefficient (Wildman–Crippen LogP) is 4.53. The number of para-hydroxylation sites is 2. The highest BCUT2D eigenvalue weighted by molar-refractivity contribution is 5.68. The van der Waals surface area contributed by atoms with E-state index in [1.54, 1.807) is 0 Å². The van der Waals surface area contributed by atoms with E-state index in [2.05, 4.69) is 58.5 Å². The molecule has 120 valence electrons. The van der Waals surface area contributed by atoms with Gasteiger partial charge in [0.25, 0.3) is 0 Å². The van der Waals surface area contributed by atoms with Gasteiger partial charge in [0, 0.05) is 29.7 Å². The average Bonchev–Trinajstić information content (AvgIpc) is 3.01. The van der Waals surface area contributed by atoms with Gasteiger partial charge >= 0.3 is 0 Å². The Morgan fingerprint density at radius 2 is 1.75 bits per heavy atom. The fraction of sp³-hybridized carbons (Fsp3) is 0.200. The zero-order valence-electron chi connectivity index (χ0n) is 14.0. The molecule has 0 saturated carbocycles. The molecule has 1 aromatic heterocycles. The number of aromatic nitrogens is 2. The smallest absolute Gasteiger partial charge is 0.232 e. The average molecular weight is 316 g/mol. The van der Waals surface area contributed by atoms with Gasteiger partial charge in [-0.05, 0) is 43.5 Å². The second-order valence-electron chi connectivity index (χ2n) is 6.16. The van der Waals surface area contributed by atoms with Crippen molar-refractivity contribution in [2.24, 2.45) is 0 Å². The van der Waals surface area contributed by atoms with Crippen molar-refractivity contribution < 1.29 is 0 Å². The lowest BCUT2D eigenvalue weighted by Gasteiger charge is -2.19. The van der Waals surface area contributed by atoms with E-state index in [1.165, 1.54) is 16.8 Å². The highest BCUT2D eigenvalue weighted by Crippen LogP contribution is 2.33. The van der Waals surface area contributed by atoms with Crippen LogP contribution in [0.15, 0.2) is 54.6 Å². The van der Waals surface area contributed by atoms with Gasteiger partial charge in [0.05, 0.1) is 0 Å². The Balaban J connectivity index is 1.69. The van der Waals surface area contributed by atoms with Crippen LogP contribution >= 0.6 is 0 Å². The van der Waals surface area contributed by atoms with Gasteiger partial charge in [-0.15, -0.1) is 0 Å². The quantitative estimate of drug-likeness (QED) is 0.770. The molecule has 0 atom stereocenters. The van der Waals surface area contributed by atoms with Crippen molar-refractivity contribution >= 4 is 23.1 Å². The Morgan fingerprint density at radius 1 is 0.958 bits per heavy atom. The zero-order valence-corrected chi connectivity index (χ0v) is 14.0. The number of anilines is 4. The molecule has 0 aliphatic carbocycles. The van der Waals surface area contributed by atoms with Crippen LogP contribution in [0.4, 0.5) is 23.1 Å². The minimum atomic E-state index is 0.760. The molecular formula is C20H20N4. The SMILES string of the molecule is Cc1cc(Nc2ccccc2C)nc(N2CCc3ccccc32)n1. The molecule has 4 nitrogen and oxygen atoms in total. The fourth-order valence-electron chi connectivity index (χ4n) is 3.13. The largest absolute Gasteiger partial charge is 0.340 e. The van der Waals surface area contributed by atoms with Crippen LogP contribution in [0.3, 0.4) is 0 Å². The molecule has 0 unspecified atom stereocenters. The zero-order chi connectivity index (χ0) is 16.5.